The van der Waals surface area contributed by atoms with E-state index in [9.17, 15) is 9.90 Å². The van der Waals surface area contributed by atoms with E-state index in [2.05, 4.69) is 4.98 Å². The molecule has 0 aliphatic heterocycles. The third-order valence-corrected chi connectivity index (χ3v) is 4.60. The standard InChI is InChI=1S/C21H20N2O4/c1-13-9-21(25)27-20-10-16(7-8-17(13)20)26-12-15(24)11-23-14(2)22-18-5-3-4-6-19(18)23/h3-10,15,24H,11-12H2,1-2H3. The van der Waals surface area contributed by atoms with Gasteiger partial charge < -0.3 is 18.8 Å². The van der Waals surface area contributed by atoms with Crippen LogP contribution in [0.15, 0.2) is 57.7 Å². The lowest BCUT2D eigenvalue weighted by molar-refractivity contribution is 0.0929. The fourth-order valence-electron chi connectivity index (χ4n) is 3.28. The second-order valence-corrected chi connectivity index (χ2v) is 6.63. The number of aryl methyl sites for hydroxylation is 2. The van der Waals surface area contributed by atoms with Crippen LogP contribution in [0.25, 0.3) is 22.0 Å². The number of fused-ring (bicyclic) bond motifs is 2. The van der Waals surface area contributed by atoms with E-state index in [1.54, 1.807) is 12.1 Å². The van der Waals surface area contributed by atoms with Gasteiger partial charge >= 0.3 is 5.63 Å². The number of aliphatic hydroxyl groups excluding tert-OH is 1. The van der Waals surface area contributed by atoms with Gasteiger partial charge in [0.25, 0.3) is 0 Å². The van der Waals surface area contributed by atoms with Crippen LogP contribution in [0.2, 0.25) is 0 Å². The van der Waals surface area contributed by atoms with Crippen molar-refractivity contribution in [2.24, 2.45) is 0 Å². The summed E-state index contributed by atoms with van der Waals surface area (Å²) in [5.74, 6) is 1.39. The monoisotopic (exact) mass is 364 g/mol. The van der Waals surface area contributed by atoms with Crippen molar-refractivity contribution < 1.29 is 14.3 Å². The SMILES string of the molecule is Cc1cc(=O)oc2cc(OCC(O)Cn3c(C)nc4ccccc43)ccc12. The zero-order valence-electron chi connectivity index (χ0n) is 15.2. The van der Waals surface area contributed by atoms with Crippen LogP contribution in [0, 0.1) is 13.8 Å². The summed E-state index contributed by atoms with van der Waals surface area (Å²) in [4.78, 5) is 16.0. The Kier molecular flexibility index (Phi) is 4.41. The smallest absolute Gasteiger partial charge is 0.336 e. The lowest BCUT2D eigenvalue weighted by Gasteiger charge is -2.15. The van der Waals surface area contributed by atoms with Crippen LogP contribution >= 0.6 is 0 Å². The Morgan fingerprint density at radius 1 is 1.19 bits per heavy atom. The van der Waals surface area contributed by atoms with Gasteiger partial charge in [-0.25, -0.2) is 9.78 Å². The molecule has 2 aromatic carbocycles. The Hall–Kier alpha value is -3.12. The molecule has 1 unspecified atom stereocenters. The van der Waals surface area contributed by atoms with Crippen LogP contribution in [-0.2, 0) is 6.54 Å². The molecule has 138 valence electrons. The summed E-state index contributed by atoms with van der Waals surface area (Å²) in [5.41, 5.74) is 2.83. The summed E-state index contributed by atoms with van der Waals surface area (Å²) in [6.07, 6.45) is -0.707. The Balaban J connectivity index is 1.49. The Morgan fingerprint density at radius 3 is 2.85 bits per heavy atom. The first-order chi connectivity index (χ1) is 13.0. The molecule has 0 aliphatic carbocycles. The molecule has 0 bridgehead atoms. The molecule has 0 amide bonds. The van der Waals surface area contributed by atoms with Crippen molar-refractivity contribution in [3.63, 3.8) is 0 Å². The summed E-state index contributed by atoms with van der Waals surface area (Å²) in [6, 6.07) is 14.6. The van der Waals surface area contributed by atoms with Crippen molar-refractivity contribution in [2.45, 2.75) is 26.5 Å². The first-order valence-electron chi connectivity index (χ1n) is 8.78. The maximum Gasteiger partial charge on any atom is 0.336 e. The maximum absolute atomic E-state index is 11.5. The number of benzene rings is 2. The number of para-hydroxylation sites is 2. The zero-order valence-corrected chi connectivity index (χ0v) is 15.2. The molecule has 0 radical (unpaired) electrons. The lowest BCUT2D eigenvalue weighted by atomic mass is 10.1. The highest BCUT2D eigenvalue weighted by Gasteiger charge is 2.13. The van der Waals surface area contributed by atoms with Crippen LogP contribution in [-0.4, -0.2) is 27.4 Å². The van der Waals surface area contributed by atoms with Crippen LogP contribution < -0.4 is 10.4 Å². The molecule has 0 aliphatic rings. The number of aromatic nitrogens is 2. The number of nitrogens with zero attached hydrogens (tertiary/aromatic N) is 2. The molecule has 0 saturated heterocycles. The van der Waals surface area contributed by atoms with Crippen molar-refractivity contribution in [3.8, 4) is 5.75 Å². The molecule has 0 fully saturated rings. The fourth-order valence-corrected chi connectivity index (χ4v) is 3.28. The number of hydrogen-bond donors (Lipinski definition) is 1. The van der Waals surface area contributed by atoms with E-state index >= 15 is 0 Å². The molecular formula is C21H20N2O4. The molecule has 27 heavy (non-hydrogen) atoms. The lowest BCUT2D eigenvalue weighted by Crippen LogP contribution is -2.24. The van der Waals surface area contributed by atoms with Gasteiger partial charge in [0.15, 0.2) is 0 Å². The minimum atomic E-state index is -0.707. The summed E-state index contributed by atoms with van der Waals surface area (Å²) in [7, 11) is 0. The second-order valence-electron chi connectivity index (χ2n) is 6.63. The summed E-state index contributed by atoms with van der Waals surface area (Å²) < 4.78 is 12.9. The van der Waals surface area contributed by atoms with Gasteiger partial charge in [-0.3, -0.25) is 0 Å². The molecule has 1 N–H and O–H groups in total. The Bertz CT molecular complexity index is 1180. The summed E-state index contributed by atoms with van der Waals surface area (Å²) >= 11 is 0. The minimum Gasteiger partial charge on any atom is -0.491 e. The van der Waals surface area contributed by atoms with E-state index in [4.69, 9.17) is 9.15 Å². The van der Waals surface area contributed by atoms with Crippen molar-refractivity contribution in [2.75, 3.05) is 6.61 Å². The van der Waals surface area contributed by atoms with Crippen molar-refractivity contribution in [1.82, 2.24) is 9.55 Å². The van der Waals surface area contributed by atoms with Gasteiger partial charge in [0.1, 0.15) is 29.9 Å². The third-order valence-electron chi connectivity index (χ3n) is 4.60. The fraction of sp³-hybridized carbons (Fsp3) is 0.238. The van der Waals surface area contributed by atoms with Gasteiger partial charge in [-0.2, -0.15) is 0 Å². The van der Waals surface area contributed by atoms with Gasteiger partial charge in [0.2, 0.25) is 0 Å². The first kappa shape index (κ1) is 17.3. The first-order valence-corrected chi connectivity index (χ1v) is 8.78. The van der Waals surface area contributed by atoms with E-state index in [0.29, 0.717) is 17.9 Å². The molecule has 0 saturated carbocycles. The minimum absolute atomic E-state index is 0.119. The quantitative estimate of drug-likeness (QED) is 0.550. The molecule has 2 heterocycles. The van der Waals surface area contributed by atoms with Crippen molar-refractivity contribution in [3.05, 3.63) is 70.3 Å². The molecule has 4 aromatic rings. The predicted octanol–water partition coefficient (Wildman–Crippen LogP) is 3.20. The van der Waals surface area contributed by atoms with Gasteiger partial charge in [0, 0.05) is 17.5 Å². The predicted molar refractivity (Wildman–Crippen MR) is 103 cm³/mol. The highest BCUT2D eigenvalue weighted by molar-refractivity contribution is 5.81. The average molecular weight is 364 g/mol. The maximum atomic E-state index is 11.5. The summed E-state index contributed by atoms with van der Waals surface area (Å²) in [5, 5.41) is 11.3. The highest BCUT2D eigenvalue weighted by Crippen LogP contribution is 2.22. The van der Waals surface area contributed by atoms with Crippen LogP contribution in [0.3, 0.4) is 0 Å². The average Bonchev–Trinajstić information content (AvgIpc) is 2.95. The van der Waals surface area contributed by atoms with E-state index in [1.807, 2.05) is 48.7 Å². The second kappa shape index (κ2) is 6.89. The van der Waals surface area contributed by atoms with Gasteiger partial charge in [-0.1, -0.05) is 12.1 Å². The number of aliphatic hydroxyl groups is 1. The van der Waals surface area contributed by atoms with Gasteiger partial charge in [0.05, 0.1) is 17.6 Å². The Labute approximate surface area is 155 Å². The topological polar surface area (TPSA) is 77.5 Å². The number of imidazole rings is 1. The van der Waals surface area contributed by atoms with Gasteiger partial charge in [-0.15, -0.1) is 0 Å². The van der Waals surface area contributed by atoms with E-state index < -0.39 is 6.10 Å². The molecule has 6 heteroatoms. The number of ether oxygens (including phenoxy) is 1. The molecule has 2 aromatic heterocycles. The van der Waals surface area contributed by atoms with E-state index in [0.717, 1.165) is 27.8 Å². The van der Waals surface area contributed by atoms with Crippen molar-refractivity contribution >= 4 is 22.0 Å². The zero-order chi connectivity index (χ0) is 19.0. The molecule has 0 spiro atoms. The number of rotatable bonds is 5. The van der Waals surface area contributed by atoms with Crippen molar-refractivity contribution in [1.29, 1.82) is 0 Å². The third kappa shape index (κ3) is 3.44. The number of hydrogen-bond acceptors (Lipinski definition) is 5. The molecule has 1 atom stereocenters. The largest absolute Gasteiger partial charge is 0.491 e. The van der Waals surface area contributed by atoms with Crippen LogP contribution in [0.5, 0.6) is 5.75 Å². The Morgan fingerprint density at radius 2 is 2.00 bits per heavy atom. The molecular weight excluding hydrogens is 344 g/mol. The molecule has 6 nitrogen and oxygen atoms in total. The molecule has 4 rings (SSSR count). The van der Waals surface area contributed by atoms with Crippen LogP contribution in [0.1, 0.15) is 11.4 Å². The van der Waals surface area contributed by atoms with E-state index in [1.165, 1.54) is 6.07 Å². The highest BCUT2D eigenvalue weighted by atomic mass is 16.5. The normalized spacial score (nSPS) is 12.6. The van der Waals surface area contributed by atoms with Crippen LogP contribution in [0.4, 0.5) is 0 Å². The van der Waals surface area contributed by atoms with Gasteiger partial charge in [-0.05, 0) is 43.7 Å². The van der Waals surface area contributed by atoms with E-state index in [-0.39, 0.29) is 12.2 Å². The summed E-state index contributed by atoms with van der Waals surface area (Å²) in [6.45, 7) is 4.28.